The number of rotatable bonds is 5. The molecule has 0 unspecified atom stereocenters. The summed E-state index contributed by atoms with van der Waals surface area (Å²) in [6.07, 6.45) is 1.57. The van der Waals surface area contributed by atoms with Crippen molar-refractivity contribution in [1.29, 1.82) is 0 Å². The van der Waals surface area contributed by atoms with E-state index in [4.69, 9.17) is 16.3 Å². The average Bonchev–Trinajstić information content (AvgIpc) is 3.31. The second-order valence-electron chi connectivity index (χ2n) is 6.11. The van der Waals surface area contributed by atoms with Gasteiger partial charge in [-0.1, -0.05) is 11.6 Å². The Balaban J connectivity index is 1.73. The third kappa shape index (κ3) is 4.07. The number of nitrogens with one attached hydrogen (secondary N) is 1. The predicted molar refractivity (Wildman–Crippen MR) is 94.8 cm³/mol. The number of urea groups is 1. The van der Waals surface area contributed by atoms with Crippen LogP contribution in [0.15, 0.2) is 23.1 Å². The molecule has 1 aromatic carbocycles. The van der Waals surface area contributed by atoms with Crippen LogP contribution in [0.3, 0.4) is 0 Å². The van der Waals surface area contributed by atoms with Gasteiger partial charge in [0.15, 0.2) is 6.61 Å². The lowest BCUT2D eigenvalue weighted by Crippen LogP contribution is -2.37. The van der Waals surface area contributed by atoms with Gasteiger partial charge in [0.05, 0.1) is 15.5 Å². The monoisotopic (exact) mass is 415 g/mol. The molecule has 2 saturated heterocycles. The van der Waals surface area contributed by atoms with Gasteiger partial charge in [0, 0.05) is 26.2 Å². The summed E-state index contributed by atoms with van der Waals surface area (Å²) in [5, 5.41) is 2.47. The normalized spacial score (nSPS) is 17.8. The van der Waals surface area contributed by atoms with Gasteiger partial charge >= 0.3 is 12.0 Å². The number of esters is 1. The molecule has 3 rings (SSSR count). The van der Waals surface area contributed by atoms with Gasteiger partial charge < -0.3 is 10.1 Å². The summed E-state index contributed by atoms with van der Waals surface area (Å²) in [7, 11) is -3.72. The number of nitrogens with zero attached hydrogens (tertiary/aromatic N) is 2. The highest BCUT2D eigenvalue weighted by Gasteiger charge is 2.30. The van der Waals surface area contributed by atoms with Gasteiger partial charge in [-0.3, -0.25) is 9.69 Å². The van der Waals surface area contributed by atoms with Crippen molar-refractivity contribution in [2.75, 3.05) is 32.8 Å². The summed E-state index contributed by atoms with van der Waals surface area (Å²) in [6, 6.07) is 3.22. The van der Waals surface area contributed by atoms with Gasteiger partial charge in [-0.15, -0.1) is 0 Å². The van der Waals surface area contributed by atoms with Crippen molar-refractivity contribution in [2.24, 2.45) is 0 Å². The molecule has 0 radical (unpaired) electrons. The topological polar surface area (TPSA) is 113 Å². The minimum atomic E-state index is -3.72. The summed E-state index contributed by atoms with van der Waals surface area (Å²) in [5.41, 5.74) is -0.157. The summed E-state index contributed by atoms with van der Waals surface area (Å²) in [4.78, 5) is 36.5. The second kappa shape index (κ2) is 7.83. The third-order valence-electron chi connectivity index (χ3n) is 4.35. The minimum Gasteiger partial charge on any atom is -0.452 e. The van der Waals surface area contributed by atoms with E-state index in [2.05, 4.69) is 5.32 Å². The Morgan fingerprint density at radius 3 is 2.52 bits per heavy atom. The van der Waals surface area contributed by atoms with Crippen LogP contribution < -0.4 is 5.32 Å². The van der Waals surface area contributed by atoms with Gasteiger partial charge in [-0.2, -0.15) is 4.31 Å². The zero-order valence-corrected chi connectivity index (χ0v) is 15.9. The highest BCUT2D eigenvalue weighted by molar-refractivity contribution is 7.89. The molecule has 0 aliphatic carbocycles. The Labute approximate surface area is 161 Å². The SMILES string of the molecule is O=C(OCC(=O)N1CCNC1=O)c1cc(S(=O)(=O)N2CCCC2)ccc1Cl. The van der Waals surface area contributed by atoms with Crippen LogP contribution >= 0.6 is 11.6 Å². The number of ether oxygens (including phenoxy) is 1. The lowest BCUT2D eigenvalue weighted by atomic mass is 10.2. The largest absolute Gasteiger partial charge is 0.452 e. The maximum Gasteiger partial charge on any atom is 0.340 e. The fourth-order valence-electron chi connectivity index (χ4n) is 2.89. The van der Waals surface area contributed by atoms with E-state index in [1.54, 1.807) is 0 Å². The minimum absolute atomic E-state index is 0.00624. The standard InChI is InChI=1S/C16H18ClN3O6S/c17-13-4-3-11(27(24,25)19-6-1-2-7-19)9-12(13)15(22)26-10-14(21)20-8-5-18-16(20)23/h3-4,9H,1-2,5-8,10H2,(H,18,23). The van der Waals surface area contributed by atoms with Gasteiger partial charge in [0.1, 0.15) is 0 Å². The number of carbonyl (C=O) groups excluding carboxylic acids is 3. The van der Waals surface area contributed by atoms with E-state index >= 15 is 0 Å². The molecule has 11 heteroatoms. The van der Waals surface area contributed by atoms with E-state index in [0.29, 0.717) is 19.6 Å². The van der Waals surface area contributed by atoms with Gasteiger partial charge in [0.2, 0.25) is 10.0 Å². The first-order chi connectivity index (χ1) is 12.8. The molecule has 0 bridgehead atoms. The Bertz CT molecular complexity index is 882. The number of hydrogen-bond donors (Lipinski definition) is 1. The van der Waals surface area contributed by atoms with Crippen molar-refractivity contribution in [3.63, 3.8) is 0 Å². The number of sulfonamides is 1. The molecule has 0 saturated carbocycles. The maximum absolute atomic E-state index is 12.6. The molecule has 146 valence electrons. The van der Waals surface area contributed by atoms with Crippen LogP contribution in [0.4, 0.5) is 4.79 Å². The van der Waals surface area contributed by atoms with Gasteiger partial charge in [0.25, 0.3) is 5.91 Å². The molecular formula is C16H18ClN3O6S. The van der Waals surface area contributed by atoms with Gasteiger partial charge in [-0.25, -0.2) is 18.0 Å². The Kier molecular flexibility index (Phi) is 5.68. The van der Waals surface area contributed by atoms with Crippen LogP contribution in [-0.2, 0) is 19.6 Å². The molecule has 2 aliphatic rings. The van der Waals surface area contributed by atoms with Crippen LogP contribution in [0.25, 0.3) is 0 Å². The van der Waals surface area contributed by atoms with Crippen molar-refractivity contribution >= 4 is 39.5 Å². The van der Waals surface area contributed by atoms with E-state index in [-0.39, 0.29) is 22.0 Å². The molecule has 27 heavy (non-hydrogen) atoms. The van der Waals surface area contributed by atoms with E-state index < -0.39 is 34.5 Å². The predicted octanol–water partition coefficient (Wildman–Crippen LogP) is 0.833. The summed E-state index contributed by atoms with van der Waals surface area (Å²) >= 11 is 6.00. The van der Waals surface area contributed by atoms with Crippen LogP contribution in [-0.4, -0.2) is 68.3 Å². The molecule has 0 aromatic heterocycles. The lowest BCUT2D eigenvalue weighted by molar-refractivity contribution is -0.130. The lowest BCUT2D eigenvalue weighted by Gasteiger charge is -2.16. The summed E-state index contributed by atoms with van der Waals surface area (Å²) in [5.74, 6) is -1.61. The zero-order chi connectivity index (χ0) is 19.6. The molecule has 0 spiro atoms. The first-order valence-corrected chi connectivity index (χ1v) is 10.2. The van der Waals surface area contributed by atoms with Crippen molar-refractivity contribution < 1.29 is 27.5 Å². The zero-order valence-electron chi connectivity index (χ0n) is 14.3. The molecular weight excluding hydrogens is 398 g/mol. The highest BCUT2D eigenvalue weighted by atomic mass is 35.5. The van der Waals surface area contributed by atoms with Crippen LogP contribution in [0.2, 0.25) is 5.02 Å². The molecule has 2 fully saturated rings. The molecule has 3 amide bonds. The van der Waals surface area contributed by atoms with E-state index in [1.165, 1.54) is 16.4 Å². The van der Waals surface area contributed by atoms with Crippen LogP contribution in [0, 0.1) is 0 Å². The smallest absolute Gasteiger partial charge is 0.340 e. The third-order valence-corrected chi connectivity index (χ3v) is 6.57. The van der Waals surface area contributed by atoms with E-state index in [9.17, 15) is 22.8 Å². The Morgan fingerprint density at radius 1 is 1.19 bits per heavy atom. The number of imide groups is 1. The average molecular weight is 416 g/mol. The van der Waals surface area contributed by atoms with Crippen LogP contribution in [0.1, 0.15) is 23.2 Å². The van der Waals surface area contributed by atoms with Crippen molar-refractivity contribution in [3.05, 3.63) is 28.8 Å². The first-order valence-electron chi connectivity index (χ1n) is 8.36. The molecule has 1 N–H and O–H groups in total. The number of benzene rings is 1. The molecule has 2 heterocycles. The maximum atomic E-state index is 12.6. The van der Waals surface area contributed by atoms with Gasteiger partial charge in [-0.05, 0) is 31.0 Å². The fraction of sp³-hybridized carbons (Fsp3) is 0.438. The van der Waals surface area contributed by atoms with Crippen LogP contribution in [0.5, 0.6) is 0 Å². The molecule has 1 aromatic rings. The number of amides is 3. The first kappa shape index (κ1) is 19.6. The highest BCUT2D eigenvalue weighted by Crippen LogP contribution is 2.25. The van der Waals surface area contributed by atoms with E-state index in [0.717, 1.165) is 23.8 Å². The quantitative estimate of drug-likeness (QED) is 0.713. The fourth-order valence-corrected chi connectivity index (χ4v) is 4.63. The number of hydrogen-bond acceptors (Lipinski definition) is 6. The summed E-state index contributed by atoms with van der Waals surface area (Å²) in [6.45, 7) is 0.736. The Morgan fingerprint density at radius 2 is 1.89 bits per heavy atom. The Hall–Kier alpha value is -2.17. The number of carbonyl (C=O) groups is 3. The van der Waals surface area contributed by atoms with Crippen molar-refractivity contribution in [1.82, 2.24) is 14.5 Å². The molecule has 0 atom stereocenters. The second-order valence-corrected chi connectivity index (χ2v) is 8.45. The molecule has 2 aliphatic heterocycles. The number of halogens is 1. The molecule has 9 nitrogen and oxygen atoms in total. The summed E-state index contributed by atoms with van der Waals surface area (Å²) < 4.78 is 31.5. The van der Waals surface area contributed by atoms with Crippen molar-refractivity contribution in [3.8, 4) is 0 Å². The van der Waals surface area contributed by atoms with E-state index in [1.807, 2.05) is 0 Å². The van der Waals surface area contributed by atoms with Crippen molar-refractivity contribution in [2.45, 2.75) is 17.7 Å².